The Labute approximate surface area is 85.5 Å². The van der Waals surface area contributed by atoms with Gasteiger partial charge in [0.05, 0.1) is 5.69 Å². The van der Waals surface area contributed by atoms with Crippen molar-refractivity contribution in [2.24, 2.45) is 13.0 Å². The third-order valence-corrected chi connectivity index (χ3v) is 3.09. The Morgan fingerprint density at radius 3 is 2.64 bits per heavy atom. The van der Waals surface area contributed by atoms with Crippen LogP contribution >= 0.6 is 0 Å². The molecule has 0 radical (unpaired) electrons. The van der Waals surface area contributed by atoms with Gasteiger partial charge in [-0.2, -0.15) is 5.10 Å². The summed E-state index contributed by atoms with van der Waals surface area (Å²) in [4.78, 5) is 0. The van der Waals surface area contributed by atoms with E-state index in [4.69, 9.17) is 0 Å². The highest BCUT2D eigenvalue weighted by atomic mass is 15.3. The van der Waals surface area contributed by atoms with Crippen molar-refractivity contribution in [3.63, 3.8) is 0 Å². The fourth-order valence-electron chi connectivity index (χ4n) is 1.80. The summed E-state index contributed by atoms with van der Waals surface area (Å²) >= 11 is 0. The molecule has 0 spiro atoms. The van der Waals surface area contributed by atoms with Gasteiger partial charge < -0.3 is 5.32 Å². The first-order valence-corrected chi connectivity index (χ1v) is 5.38. The molecule has 0 unspecified atom stereocenters. The molecule has 1 aliphatic rings. The molecule has 0 amide bonds. The fourth-order valence-corrected chi connectivity index (χ4v) is 1.80. The van der Waals surface area contributed by atoms with E-state index in [1.165, 1.54) is 30.6 Å². The molecule has 1 saturated carbocycles. The summed E-state index contributed by atoms with van der Waals surface area (Å²) in [5, 5.41) is 7.91. The standard InChI is InChI=1S/C11H19N3/c1-8-11(9(2)14(3)13-8)7-12-6-10-4-5-10/h10,12H,4-7H2,1-3H3. The van der Waals surface area contributed by atoms with Gasteiger partial charge in [-0.3, -0.25) is 4.68 Å². The first-order chi connectivity index (χ1) is 6.68. The van der Waals surface area contributed by atoms with Gasteiger partial charge in [-0.05, 0) is 39.2 Å². The summed E-state index contributed by atoms with van der Waals surface area (Å²) < 4.78 is 1.96. The Kier molecular flexibility index (Phi) is 2.59. The Balaban J connectivity index is 1.93. The van der Waals surface area contributed by atoms with Crippen molar-refractivity contribution >= 4 is 0 Å². The first kappa shape index (κ1) is 9.71. The van der Waals surface area contributed by atoms with Gasteiger partial charge in [0.2, 0.25) is 0 Å². The van der Waals surface area contributed by atoms with Crippen molar-refractivity contribution in [2.45, 2.75) is 33.2 Å². The van der Waals surface area contributed by atoms with E-state index < -0.39 is 0 Å². The van der Waals surface area contributed by atoms with Gasteiger partial charge in [0.25, 0.3) is 0 Å². The highest BCUT2D eigenvalue weighted by molar-refractivity contribution is 5.23. The third-order valence-electron chi connectivity index (χ3n) is 3.09. The van der Waals surface area contributed by atoms with E-state index in [1.54, 1.807) is 0 Å². The van der Waals surface area contributed by atoms with Crippen LogP contribution in [0.25, 0.3) is 0 Å². The van der Waals surface area contributed by atoms with E-state index in [0.29, 0.717) is 0 Å². The zero-order valence-electron chi connectivity index (χ0n) is 9.30. The van der Waals surface area contributed by atoms with Crippen molar-refractivity contribution in [1.82, 2.24) is 15.1 Å². The topological polar surface area (TPSA) is 29.9 Å². The second-order valence-electron chi connectivity index (χ2n) is 4.35. The molecule has 3 nitrogen and oxygen atoms in total. The number of hydrogen-bond acceptors (Lipinski definition) is 2. The number of aryl methyl sites for hydroxylation is 2. The predicted molar refractivity (Wildman–Crippen MR) is 57.1 cm³/mol. The van der Waals surface area contributed by atoms with Crippen molar-refractivity contribution in [2.75, 3.05) is 6.54 Å². The molecule has 0 bridgehead atoms. The maximum absolute atomic E-state index is 4.40. The second kappa shape index (κ2) is 3.73. The van der Waals surface area contributed by atoms with Crippen LogP contribution in [0.1, 0.15) is 29.8 Å². The van der Waals surface area contributed by atoms with Gasteiger partial charge in [-0.15, -0.1) is 0 Å². The SMILES string of the molecule is Cc1nn(C)c(C)c1CNCC1CC1. The number of aromatic nitrogens is 2. The molecular formula is C11H19N3. The highest BCUT2D eigenvalue weighted by Crippen LogP contribution is 2.27. The van der Waals surface area contributed by atoms with Crippen LogP contribution in [0.15, 0.2) is 0 Å². The van der Waals surface area contributed by atoms with E-state index >= 15 is 0 Å². The smallest absolute Gasteiger partial charge is 0.0641 e. The lowest BCUT2D eigenvalue weighted by molar-refractivity contribution is 0.634. The summed E-state index contributed by atoms with van der Waals surface area (Å²) in [6, 6.07) is 0. The Bertz CT molecular complexity index is 324. The van der Waals surface area contributed by atoms with Crippen molar-refractivity contribution in [3.05, 3.63) is 17.0 Å². The summed E-state index contributed by atoms with van der Waals surface area (Å²) in [6.07, 6.45) is 2.83. The van der Waals surface area contributed by atoms with Crippen molar-refractivity contribution < 1.29 is 0 Å². The molecule has 78 valence electrons. The molecule has 1 aliphatic carbocycles. The van der Waals surface area contributed by atoms with E-state index in [-0.39, 0.29) is 0 Å². The van der Waals surface area contributed by atoms with Gasteiger partial charge in [0.15, 0.2) is 0 Å². The molecule has 0 aromatic carbocycles. The van der Waals surface area contributed by atoms with E-state index in [9.17, 15) is 0 Å². The van der Waals surface area contributed by atoms with Crippen LogP contribution in [-0.4, -0.2) is 16.3 Å². The fraction of sp³-hybridized carbons (Fsp3) is 0.727. The minimum Gasteiger partial charge on any atom is -0.312 e. The molecule has 1 aromatic heterocycles. The summed E-state index contributed by atoms with van der Waals surface area (Å²) in [5.74, 6) is 0.951. The average molecular weight is 193 g/mol. The largest absolute Gasteiger partial charge is 0.312 e. The summed E-state index contributed by atoms with van der Waals surface area (Å²) in [7, 11) is 2.01. The molecule has 1 heterocycles. The maximum Gasteiger partial charge on any atom is 0.0641 e. The van der Waals surface area contributed by atoms with Crippen LogP contribution in [0.4, 0.5) is 0 Å². The predicted octanol–water partition coefficient (Wildman–Crippen LogP) is 1.54. The van der Waals surface area contributed by atoms with Crippen LogP contribution in [0.2, 0.25) is 0 Å². The lowest BCUT2D eigenvalue weighted by atomic mass is 10.2. The molecule has 0 aliphatic heterocycles. The number of nitrogens with zero attached hydrogens (tertiary/aromatic N) is 2. The number of hydrogen-bond donors (Lipinski definition) is 1. The van der Waals surface area contributed by atoms with Crippen LogP contribution in [0, 0.1) is 19.8 Å². The van der Waals surface area contributed by atoms with Gasteiger partial charge in [-0.1, -0.05) is 0 Å². The minimum absolute atomic E-state index is 0.951. The van der Waals surface area contributed by atoms with E-state index in [0.717, 1.165) is 18.2 Å². The molecule has 2 rings (SSSR count). The number of nitrogens with one attached hydrogen (secondary N) is 1. The average Bonchev–Trinajstić information content (AvgIpc) is 2.90. The molecule has 1 fully saturated rings. The van der Waals surface area contributed by atoms with E-state index in [2.05, 4.69) is 24.3 Å². The normalized spacial score (nSPS) is 16.2. The molecule has 1 N–H and O–H groups in total. The van der Waals surface area contributed by atoms with Gasteiger partial charge in [-0.25, -0.2) is 0 Å². The zero-order valence-corrected chi connectivity index (χ0v) is 9.30. The lowest BCUT2D eigenvalue weighted by Crippen LogP contribution is -2.17. The van der Waals surface area contributed by atoms with Crippen LogP contribution in [0.3, 0.4) is 0 Å². The first-order valence-electron chi connectivity index (χ1n) is 5.38. The van der Waals surface area contributed by atoms with E-state index in [1.807, 2.05) is 11.7 Å². The second-order valence-corrected chi connectivity index (χ2v) is 4.35. The Morgan fingerprint density at radius 2 is 2.14 bits per heavy atom. The maximum atomic E-state index is 4.40. The van der Waals surface area contributed by atoms with Crippen LogP contribution < -0.4 is 5.32 Å². The Morgan fingerprint density at radius 1 is 1.43 bits per heavy atom. The number of rotatable bonds is 4. The van der Waals surface area contributed by atoms with Crippen LogP contribution in [0.5, 0.6) is 0 Å². The molecule has 0 saturated heterocycles. The van der Waals surface area contributed by atoms with Gasteiger partial charge in [0.1, 0.15) is 0 Å². The zero-order chi connectivity index (χ0) is 10.1. The summed E-state index contributed by atoms with van der Waals surface area (Å²) in [6.45, 7) is 6.37. The molecule has 0 atom stereocenters. The molecule has 14 heavy (non-hydrogen) atoms. The minimum atomic E-state index is 0.951. The summed E-state index contributed by atoms with van der Waals surface area (Å²) in [5.41, 5.74) is 3.81. The Hall–Kier alpha value is -0.830. The lowest BCUT2D eigenvalue weighted by Gasteiger charge is -2.03. The molecule has 3 heteroatoms. The molecular weight excluding hydrogens is 174 g/mol. The van der Waals surface area contributed by atoms with Crippen molar-refractivity contribution in [3.8, 4) is 0 Å². The van der Waals surface area contributed by atoms with Crippen molar-refractivity contribution in [1.29, 1.82) is 0 Å². The quantitative estimate of drug-likeness (QED) is 0.786. The highest BCUT2D eigenvalue weighted by Gasteiger charge is 2.20. The van der Waals surface area contributed by atoms with Gasteiger partial charge >= 0.3 is 0 Å². The van der Waals surface area contributed by atoms with Crippen LogP contribution in [-0.2, 0) is 13.6 Å². The molecule has 1 aromatic rings. The monoisotopic (exact) mass is 193 g/mol. The van der Waals surface area contributed by atoms with Gasteiger partial charge in [0, 0.05) is 24.8 Å². The third kappa shape index (κ3) is 1.98.